The van der Waals surface area contributed by atoms with Crippen molar-refractivity contribution in [1.82, 2.24) is 5.32 Å². The fraction of sp³-hybridized carbons (Fsp3) is 0.133. The Morgan fingerprint density at radius 2 is 1.29 bits per heavy atom. The van der Waals surface area contributed by atoms with Gasteiger partial charge >= 0.3 is 12.1 Å². The molecule has 5 rings (SSSR count). The molecule has 0 spiro atoms. The summed E-state index contributed by atoms with van der Waals surface area (Å²) in [6, 6.07) is 32.7. The molecule has 1 atom stereocenters. The Balaban J connectivity index is 1.23. The highest BCUT2D eigenvalue weighted by Gasteiger charge is 2.29. The first-order chi connectivity index (χ1) is 17.1. The van der Waals surface area contributed by atoms with Crippen LogP contribution >= 0.6 is 0 Å². The van der Waals surface area contributed by atoms with Gasteiger partial charge in [-0.1, -0.05) is 103 Å². The van der Waals surface area contributed by atoms with Gasteiger partial charge in [0, 0.05) is 12.3 Å². The van der Waals surface area contributed by atoms with E-state index in [2.05, 4.69) is 17.4 Å². The summed E-state index contributed by atoms with van der Waals surface area (Å²) in [5.41, 5.74) is 7.44. The van der Waals surface area contributed by atoms with Crippen molar-refractivity contribution in [3.05, 3.63) is 120 Å². The molecule has 0 fully saturated rings. The van der Waals surface area contributed by atoms with E-state index in [1.165, 1.54) is 0 Å². The van der Waals surface area contributed by atoms with Crippen LogP contribution in [0.1, 0.15) is 22.6 Å². The van der Waals surface area contributed by atoms with Gasteiger partial charge < -0.3 is 15.2 Å². The number of alkyl carbamates (subject to hydrolysis) is 1. The minimum Gasteiger partial charge on any atom is -0.480 e. The molecule has 4 aromatic rings. The average Bonchev–Trinajstić information content (AvgIpc) is 3.21. The number of fused-ring (bicyclic) bond motifs is 3. The van der Waals surface area contributed by atoms with Crippen molar-refractivity contribution in [2.75, 3.05) is 6.61 Å². The minimum absolute atomic E-state index is 0.0815. The van der Waals surface area contributed by atoms with Crippen molar-refractivity contribution < 1.29 is 19.4 Å². The maximum absolute atomic E-state index is 12.6. The van der Waals surface area contributed by atoms with Crippen LogP contribution in [0.15, 0.2) is 103 Å². The van der Waals surface area contributed by atoms with Gasteiger partial charge in [-0.15, -0.1) is 0 Å². The lowest BCUT2D eigenvalue weighted by Crippen LogP contribution is -2.42. The van der Waals surface area contributed by atoms with E-state index in [0.29, 0.717) is 0 Å². The molecular formula is C30H25NO4. The van der Waals surface area contributed by atoms with Crippen molar-refractivity contribution in [2.45, 2.75) is 18.4 Å². The van der Waals surface area contributed by atoms with Crippen LogP contribution in [0, 0.1) is 0 Å². The second-order valence-corrected chi connectivity index (χ2v) is 8.63. The molecule has 174 valence electrons. The van der Waals surface area contributed by atoms with E-state index in [1.54, 1.807) is 0 Å². The molecule has 4 aromatic carbocycles. The van der Waals surface area contributed by atoms with E-state index in [-0.39, 0.29) is 18.9 Å². The number of hydrogen-bond donors (Lipinski definition) is 2. The number of carboxylic acids is 1. The Morgan fingerprint density at radius 1 is 0.743 bits per heavy atom. The van der Waals surface area contributed by atoms with Crippen LogP contribution in [-0.2, 0) is 16.0 Å². The Hall–Kier alpha value is -4.38. The molecule has 5 nitrogen and oxygen atoms in total. The zero-order valence-corrected chi connectivity index (χ0v) is 19.1. The van der Waals surface area contributed by atoms with Crippen LogP contribution in [-0.4, -0.2) is 29.8 Å². The Kier molecular flexibility index (Phi) is 6.31. The maximum atomic E-state index is 12.6. The maximum Gasteiger partial charge on any atom is 0.407 e. The first kappa shape index (κ1) is 22.4. The van der Waals surface area contributed by atoms with Gasteiger partial charge in [0.1, 0.15) is 12.6 Å². The van der Waals surface area contributed by atoms with Crippen LogP contribution in [0.2, 0.25) is 0 Å². The third kappa shape index (κ3) is 4.80. The summed E-state index contributed by atoms with van der Waals surface area (Å²) in [5, 5.41) is 12.2. The van der Waals surface area contributed by atoms with Gasteiger partial charge in [-0.25, -0.2) is 9.59 Å². The molecule has 0 saturated carbocycles. The first-order valence-electron chi connectivity index (χ1n) is 11.6. The zero-order chi connectivity index (χ0) is 24.2. The molecule has 1 aliphatic rings. The second-order valence-electron chi connectivity index (χ2n) is 8.63. The number of carbonyl (C=O) groups is 2. The smallest absolute Gasteiger partial charge is 0.407 e. The van der Waals surface area contributed by atoms with Crippen LogP contribution in [0.3, 0.4) is 0 Å². The number of aliphatic carboxylic acids is 1. The average molecular weight is 464 g/mol. The van der Waals surface area contributed by atoms with Gasteiger partial charge in [0.2, 0.25) is 0 Å². The fourth-order valence-electron chi connectivity index (χ4n) is 4.68. The SMILES string of the molecule is O=C(N[C@H](Cc1ccc(-c2ccccc2)cc1)C(=O)O)OCC1c2ccccc2-c2ccccc21. The van der Waals surface area contributed by atoms with Crippen molar-refractivity contribution in [2.24, 2.45) is 0 Å². The normalized spacial score (nSPS) is 12.9. The molecule has 0 bridgehead atoms. The lowest BCUT2D eigenvalue weighted by Gasteiger charge is -2.17. The number of nitrogens with one attached hydrogen (secondary N) is 1. The van der Waals surface area contributed by atoms with E-state index in [9.17, 15) is 14.7 Å². The van der Waals surface area contributed by atoms with Gasteiger partial charge in [0.15, 0.2) is 0 Å². The number of ether oxygens (including phenoxy) is 1. The number of carboxylic acid groups (broad SMARTS) is 1. The summed E-state index contributed by atoms with van der Waals surface area (Å²) < 4.78 is 5.52. The van der Waals surface area contributed by atoms with Crippen LogP contribution in [0.25, 0.3) is 22.3 Å². The van der Waals surface area contributed by atoms with Crippen molar-refractivity contribution in [1.29, 1.82) is 0 Å². The number of carbonyl (C=O) groups excluding carboxylic acids is 1. The van der Waals surface area contributed by atoms with E-state index >= 15 is 0 Å². The van der Waals surface area contributed by atoms with Crippen molar-refractivity contribution in [3.63, 3.8) is 0 Å². The molecule has 0 aromatic heterocycles. The van der Waals surface area contributed by atoms with E-state index in [0.717, 1.165) is 38.9 Å². The topological polar surface area (TPSA) is 75.6 Å². The molecule has 0 aliphatic heterocycles. The molecule has 1 aliphatic carbocycles. The molecule has 35 heavy (non-hydrogen) atoms. The highest BCUT2D eigenvalue weighted by Crippen LogP contribution is 2.44. The monoisotopic (exact) mass is 463 g/mol. The summed E-state index contributed by atoms with van der Waals surface area (Å²) in [4.78, 5) is 24.4. The molecule has 2 N–H and O–H groups in total. The van der Waals surface area contributed by atoms with Gasteiger partial charge in [0.05, 0.1) is 0 Å². The standard InChI is InChI=1S/C30H25NO4/c32-29(33)28(18-20-14-16-22(17-15-20)21-8-2-1-3-9-21)31-30(34)35-19-27-25-12-6-4-10-23(25)24-11-5-7-13-26(24)27/h1-17,27-28H,18-19H2,(H,31,34)(H,32,33)/t28-/m1/s1. The second kappa shape index (κ2) is 9.85. The quantitative estimate of drug-likeness (QED) is 0.358. The lowest BCUT2D eigenvalue weighted by molar-refractivity contribution is -0.139. The van der Waals surface area contributed by atoms with Crippen LogP contribution < -0.4 is 5.32 Å². The molecule has 5 heteroatoms. The predicted molar refractivity (Wildman–Crippen MR) is 135 cm³/mol. The number of benzene rings is 4. The van der Waals surface area contributed by atoms with Crippen LogP contribution in [0.5, 0.6) is 0 Å². The summed E-state index contributed by atoms with van der Waals surface area (Å²) in [6.07, 6.45) is -0.575. The van der Waals surface area contributed by atoms with Crippen molar-refractivity contribution >= 4 is 12.1 Å². The number of hydrogen-bond acceptors (Lipinski definition) is 3. The van der Waals surface area contributed by atoms with Crippen LogP contribution in [0.4, 0.5) is 4.79 Å². The summed E-state index contributed by atoms with van der Waals surface area (Å²) in [7, 11) is 0. The predicted octanol–water partition coefficient (Wildman–Crippen LogP) is 5.89. The zero-order valence-electron chi connectivity index (χ0n) is 19.1. The lowest BCUT2D eigenvalue weighted by atomic mass is 9.98. The van der Waals surface area contributed by atoms with E-state index in [1.807, 2.05) is 91.0 Å². The summed E-state index contributed by atoms with van der Waals surface area (Å²) in [5.74, 6) is -1.19. The molecule has 0 unspecified atom stereocenters. The largest absolute Gasteiger partial charge is 0.480 e. The summed E-state index contributed by atoms with van der Waals surface area (Å²) >= 11 is 0. The van der Waals surface area contributed by atoms with E-state index in [4.69, 9.17) is 4.74 Å². The molecule has 0 saturated heterocycles. The van der Waals surface area contributed by atoms with Gasteiger partial charge in [-0.2, -0.15) is 0 Å². The molecule has 1 amide bonds. The Labute approximate surface area is 204 Å². The van der Waals surface area contributed by atoms with E-state index < -0.39 is 18.1 Å². The van der Waals surface area contributed by atoms with Gasteiger partial charge in [-0.05, 0) is 38.9 Å². The molecular weight excluding hydrogens is 438 g/mol. The highest BCUT2D eigenvalue weighted by molar-refractivity contribution is 5.81. The van der Waals surface area contributed by atoms with Crippen molar-refractivity contribution in [3.8, 4) is 22.3 Å². The summed E-state index contributed by atoms with van der Waals surface area (Å²) in [6.45, 7) is 0.137. The molecule has 0 radical (unpaired) electrons. The van der Waals surface area contributed by atoms with Gasteiger partial charge in [0.25, 0.3) is 0 Å². The third-order valence-electron chi connectivity index (χ3n) is 6.43. The number of rotatable bonds is 7. The minimum atomic E-state index is -1.11. The first-order valence-corrected chi connectivity index (χ1v) is 11.6. The Morgan fingerprint density at radius 3 is 1.89 bits per heavy atom. The number of amides is 1. The molecule has 0 heterocycles. The fourth-order valence-corrected chi connectivity index (χ4v) is 4.68. The third-order valence-corrected chi connectivity index (χ3v) is 6.43. The highest BCUT2D eigenvalue weighted by atomic mass is 16.5. The Bertz CT molecular complexity index is 1300. The van der Waals surface area contributed by atoms with Gasteiger partial charge in [-0.3, -0.25) is 0 Å².